The van der Waals surface area contributed by atoms with Gasteiger partial charge in [-0.3, -0.25) is 9.59 Å². The summed E-state index contributed by atoms with van der Waals surface area (Å²) in [6.07, 6.45) is 4.35. The number of nitrogens with one attached hydrogen (secondary N) is 1. The van der Waals surface area contributed by atoms with E-state index in [1.54, 1.807) is 11.8 Å². The van der Waals surface area contributed by atoms with Gasteiger partial charge in [0.25, 0.3) is 5.91 Å². The molecule has 2 amide bonds. The average Bonchev–Trinajstić information content (AvgIpc) is 2.99. The Bertz CT molecular complexity index is 873. The van der Waals surface area contributed by atoms with Gasteiger partial charge >= 0.3 is 0 Å². The Morgan fingerprint density at radius 2 is 2.15 bits per heavy atom. The van der Waals surface area contributed by atoms with E-state index in [4.69, 9.17) is 0 Å². The number of amidine groups is 1. The van der Waals surface area contributed by atoms with Crippen LogP contribution in [0.5, 0.6) is 0 Å². The van der Waals surface area contributed by atoms with Crippen LogP contribution in [0.3, 0.4) is 0 Å². The number of aliphatic imine (C=N–C) groups is 2. The Morgan fingerprint density at radius 3 is 3.00 bits per heavy atom. The number of carbonyl (C=O) groups excluding carboxylic acids is 2. The first kappa shape index (κ1) is 17.5. The van der Waals surface area contributed by atoms with Crippen molar-refractivity contribution in [2.45, 2.75) is 32.6 Å². The zero-order valence-electron chi connectivity index (χ0n) is 14.4. The summed E-state index contributed by atoms with van der Waals surface area (Å²) in [5.74, 6) is -0.328. The standard InChI is InChI=1S/C19H19N3O2S2/c1-11-5-4-6-12(9-11)20-15(23)10-25-19-21-17(24)16-13-7-2-3-8-14(13)26-18(16)22-19/h4-6,9,16H,2-3,7-8,10H2,1H3,(H,20,23). The van der Waals surface area contributed by atoms with Crippen LogP contribution in [0.25, 0.3) is 0 Å². The summed E-state index contributed by atoms with van der Waals surface area (Å²) in [6.45, 7) is 1.98. The lowest BCUT2D eigenvalue weighted by molar-refractivity contribution is -0.119. The molecule has 0 aromatic heterocycles. The van der Waals surface area contributed by atoms with E-state index in [0.29, 0.717) is 5.17 Å². The molecule has 2 aliphatic heterocycles. The molecule has 1 N–H and O–H groups in total. The number of hydrogen-bond acceptors (Lipinski definition) is 5. The summed E-state index contributed by atoms with van der Waals surface area (Å²) >= 11 is 2.85. The third kappa shape index (κ3) is 3.64. The van der Waals surface area contributed by atoms with Crippen LogP contribution < -0.4 is 5.32 Å². The first-order valence-corrected chi connectivity index (χ1v) is 10.5. The van der Waals surface area contributed by atoms with E-state index in [0.717, 1.165) is 35.6 Å². The first-order valence-electron chi connectivity index (χ1n) is 8.70. The third-order valence-corrected chi connectivity index (χ3v) is 6.67. The highest BCUT2D eigenvalue weighted by atomic mass is 32.2. The molecular formula is C19H19N3O2S2. The van der Waals surface area contributed by atoms with E-state index in [2.05, 4.69) is 15.3 Å². The van der Waals surface area contributed by atoms with Gasteiger partial charge in [0.15, 0.2) is 5.17 Å². The average molecular weight is 386 g/mol. The Hall–Kier alpha value is -1.86. The molecule has 1 aromatic carbocycles. The van der Waals surface area contributed by atoms with Gasteiger partial charge < -0.3 is 5.32 Å². The van der Waals surface area contributed by atoms with E-state index >= 15 is 0 Å². The van der Waals surface area contributed by atoms with Crippen LogP contribution in [0.15, 0.2) is 44.7 Å². The number of benzene rings is 1. The molecule has 0 spiro atoms. The Kier molecular flexibility index (Phi) is 5.00. The molecule has 3 aliphatic rings. The predicted molar refractivity (Wildman–Crippen MR) is 109 cm³/mol. The maximum atomic E-state index is 12.5. The van der Waals surface area contributed by atoms with E-state index in [-0.39, 0.29) is 23.5 Å². The maximum Gasteiger partial charge on any atom is 0.262 e. The molecule has 1 aromatic rings. The second kappa shape index (κ2) is 7.40. The lowest BCUT2D eigenvalue weighted by atomic mass is 9.89. The zero-order chi connectivity index (χ0) is 18.1. The summed E-state index contributed by atoms with van der Waals surface area (Å²) < 4.78 is 0. The predicted octanol–water partition coefficient (Wildman–Crippen LogP) is 4.15. The second-order valence-corrected chi connectivity index (χ2v) is 8.64. The fourth-order valence-electron chi connectivity index (χ4n) is 3.39. The van der Waals surface area contributed by atoms with Crippen molar-refractivity contribution in [1.82, 2.24) is 0 Å². The number of allylic oxidation sites excluding steroid dienone is 1. The molecule has 0 fully saturated rings. The number of hydrogen-bond donors (Lipinski definition) is 1. The fourth-order valence-corrected chi connectivity index (χ4v) is 5.44. The van der Waals surface area contributed by atoms with Gasteiger partial charge in [-0.05, 0) is 60.8 Å². The van der Waals surface area contributed by atoms with Gasteiger partial charge in [-0.1, -0.05) is 35.7 Å². The van der Waals surface area contributed by atoms with Crippen molar-refractivity contribution in [2.75, 3.05) is 11.1 Å². The molecule has 1 aliphatic carbocycles. The molecular weight excluding hydrogens is 366 g/mol. The van der Waals surface area contributed by atoms with Crippen molar-refractivity contribution in [3.63, 3.8) is 0 Å². The molecule has 0 saturated heterocycles. The smallest absolute Gasteiger partial charge is 0.262 e. The number of anilines is 1. The SMILES string of the molecule is Cc1cccc(NC(=O)CSC2=NC(=O)C3C(=N2)SC2=C3CCCC2)c1. The van der Waals surface area contributed by atoms with Gasteiger partial charge in [0.05, 0.1) is 10.8 Å². The number of amides is 2. The van der Waals surface area contributed by atoms with Crippen LogP contribution in [-0.4, -0.2) is 27.8 Å². The summed E-state index contributed by atoms with van der Waals surface area (Å²) in [5.41, 5.74) is 3.09. The zero-order valence-corrected chi connectivity index (χ0v) is 16.1. The van der Waals surface area contributed by atoms with E-state index < -0.39 is 0 Å². The Balaban J connectivity index is 1.38. The van der Waals surface area contributed by atoms with Crippen LogP contribution in [-0.2, 0) is 9.59 Å². The van der Waals surface area contributed by atoms with E-state index in [9.17, 15) is 9.59 Å². The molecule has 1 atom stereocenters. The summed E-state index contributed by atoms with van der Waals surface area (Å²) in [5, 5.41) is 4.10. The Morgan fingerprint density at radius 1 is 1.31 bits per heavy atom. The topological polar surface area (TPSA) is 70.9 Å². The van der Waals surface area contributed by atoms with Crippen LogP contribution in [0, 0.1) is 12.8 Å². The summed E-state index contributed by atoms with van der Waals surface area (Å²) in [6, 6.07) is 7.65. The van der Waals surface area contributed by atoms with Crippen molar-refractivity contribution in [1.29, 1.82) is 0 Å². The number of rotatable bonds is 3. The van der Waals surface area contributed by atoms with Crippen molar-refractivity contribution in [3.05, 3.63) is 40.3 Å². The number of thioether (sulfide) groups is 2. The molecule has 0 saturated carbocycles. The van der Waals surface area contributed by atoms with E-state index in [1.165, 1.54) is 28.7 Å². The number of carbonyl (C=O) groups is 2. The second-order valence-electron chi connectivity index (χ2n) is 6.58. The quantitative estimate of drug-likeness (QED) is 0.848. The van der Waals surface area contributed by atoms with Gasteiger partial charge in [0.1, 0.15) is 5.92 Å². The van der Waals surface area contributed by atoms with Gasteiger partial charge in [0.2, 0.25) is 5.91 Å². The van der Waals surface area contributed by atoms with Gasteiger partial charge in [0, 0.05) is 5.69 Å². The normalized spacial score (nSPS) is 21.7. The first-order chi connectivity index (χ1) is 12.6. The fraction of sp³-hybridized carbons (Fsp3) is 0.368. The molecule has 4 rings (SSSR count). The lowest BCUT2D eigenvalue weighted by Gasteiger charge is -2.18. The van der Waals surface area contributed by atoms with Crippen LogP contribution >= 0.6 is 23.5 Å². The monoisotopic (exact) mass is 385 g/mol. The summed E-state index contributed by atoms with van der Waals surface area (Å²) in [4.78, 5) is 34.6. The minimum Gasteiger partial charge on any atom is -0.325 e. The van der Waals surface area contributed by atoms with E-state index in [1.807, 2.05) is 31.2 Å². The largest absolute Gasteiger partial charge is 0.325 e. The van der Waals surface area contributed by atoms with Gasteiger partial charge in [-0.2, -0.15) is 4.99 Å². The summed E-state index contributed by atoms with van der Waals surface area (Å²) in [7, 11) is 0. The number of nitrogens with zero attached hydrogens (tertiary/aromatic N) is 2. The molecule has 26 heavy (non-hydrogen) atoms. The molecule has 134 valence electrons. The highest BCUT2D eigenvalue weighted by Crippen LogP contribution is 2.47. The highest BCUT2D eigenvalue weighted by molar-refractivity contribution is 8.18. The van der Waals surface area contributed by atoms with Crippen molar-refractivity contribution >= 4 is 51.2 Å². The van der Waals surface area contributed by atoms with Gasteiger partial charge in [-0.15, -0.1) is 0 Å². The molecule has 0 bridgehead atoms. The maximum absolute atomic E-state index is 12.5. The van der Waals surface area contributed by atoms with Crippen LogP contribution in [0.2, 0.25) is 0 Å². The number of aryl methyl sites for hydroxylation is 1. The third-order valence-electron chi connectivity index (χ3n) is 4.57. The molecule has 2 heterocycles. The Labute approximate surface area is 160 Å². The minimum absolute atomic E-state index is 0.129. The molecule has 7 heteroatoms. The molecule has 0 radical (unpaired) electrons. The lowest BCUT2D eigenvalue weighted by Crippen LogP contribution is -2.25. The van der Waals surface area contributed by atoms with Crippen LogP contribution in [0.1, 0.15) is 31.2 Å². The van der Waals surface area contributed by atoms with Crippen molar-refractivity contribution < 1.29 is 9.59 Å². The highest BCUT2D eigenvalue weighted by Gasteiger charge is 2.40. The minimum atomic E-state index is -0.249. The van der Waals surface area contributed by atoms with Gasteiger partial charge in [-0.25, -0.2) is 4.99 Å². The number of fused-ring (bicyclic) bond motifs is 2. The molecule has 1 unspecified atom stereocenters. The van der Waals surface area contributed by atoms with Crippen LogP contribution in [0.4, 0.5) is 5.69 Å². The molecule has 5 nitrogen and oxygen atoms in total. The van der Waals surface area contributed by atoms with Crippen molar-refractivity contribution in [2.24, 2.45) is 15.9 Å². The van der Waals surface area contributed by atoms with Crippen molar-refractivity contribution in [3.8, 4) is 0 Å².